The van der Waals surface area contributed by atoms with Gasteiger partial charge in [-0.2, -0.15) is 0 Å². The van der Waals surface area contributed by atoms with Crippen LogP contribution >= 0.6 is 0 Å². The summed E-state index contributed by atoms with van der Waals surface area (Å²) in [4.78, 5) is 22.8. The second kappa shape index (κ2) is 7.47. The Labute approximate surface area is 117 Å². The van der Waals surface area contributed by atoms with Gasteiger partial charge in [0.25, 0.3) is 0 Å². The van der Waals surface area contributed by atoms with E-state index in [9.17, 15) is 14.0 Å². The zero-order chi connectivity index (χ0) is 15.1. The van der Waals surface area contributed by atoms with E-state index in [-0.39, 0.29) is 17.3 Å². The predicted molar refractivity (Wildman–Crippen MR) is 74.5 cm³/mol. The Hall–Kier alpha value is -2.11. The molecule has 110 valence electrons. The van der Waals surface area contributed by atoms with Gasteiger partial charge in [0.15, 0.2) is 0 Å². The maximum Gasteiger partial charge on any atom is 0.337 e. The number of amides is 2. The molecule has 0 aromatic heterocycles. The van der Waals surface area contributed by atoms with Gasteiger partial charge in [-0.1, -0.05) is 26.3 Å². The minimum absolute atomic E-state index is 0.0138. The lowest BCUT2D eigenvalue weighted by molar-refractivity contribution is 0.0697. The zero-order valence-electron chi connectivity index (χ0n) is 11.6. The molecule has 0 radical (unpaired) electrons. The van der Waals surface area contributed by atoms with Crippen molar-refractivity contribution in [1.82, 2.24) is 5.32 Å². The summed E-state index contributed by atoms with van der Waals surface area (Å²) in [6.45, 7) is 3.94. The van der Waals surface area contributed by atoms with Crippen molar-refractivity contribution in [3.8, 4) is 0 Å². The van der Waals surface area contributed by atoms with Crippen molar-refractivity contribution in [2.75, 3.05) is 5.32 Å². The van der Waals surface area contributed by atoms with Gasteiger partial charge in [-0.05, 0) is 25.0 Å². The Morgan fingerprint density at radius 3 is 2.60 bits per heavy atom. The molecule has 1 rings (SSSR count). The highest BCUT2D eigenvalue weighted by Gasteiger charge is 2.17. The van der Waals surface area contributed by atoms with Crippen molar-refractivity contribution in [2.24, 2.45) is 0 Å². The molecule has 0 fully saturated rings. The molecule has 0 bridgehead atoms. The van der Waals surface area contributed by atoms with Crippen LogP contribution in [0.15, 0.2) is 18.2 Å². The van der Waals surface area contributed by atoms with Gasteiger partial charge in [0.1, 0.15) is 5.82 Å². The largest absolute Gasteiger partial charge is 0.478 e. The summed E-state index contributed by atoms with van der Waals surface area (Å²) in [5.41, 5.74) is -0.590. The van der Waals surface area contributed by atoms with Gasteiger partial charge < -0.3 is 15.7 Å². The molecule has 3 N–H and O–H groups in total. The maximum atomic E-state index is 13.6. The molecule has 0 spiro atoms. The molecular weight excluding hydrogens is 263 g/mol. The van der Waals surface area contributed by atoms with Gasteiger partial charge in [-0.15, -0.1) is 0 Å². The minimum Gasteiger partial charge on any atom is -0.478 e. The monoisotopic (exact) mass is 282 g/mol. The fourth-order valence-corrected chi connectivity index (χ4v) is 1.89. The fourth-order valence-electron chi connectivity index (χ4n) is 1.89. The number of nitrogens with one attached hydrogen (secondary N) is 2. The quantitative estimate of drug-likeness (QED) is 0.749. The van der Waals surface area contributed by atoms with Crippen LogP contribution in [-0.4, -0.2) is 23.1 Å². The van der Waals surface area contributed by atoms with E-state index >= 15 is 0 Å². The first-order chi connectivity index (χ1) is 9.49. The number of carbonyl (C=O) groups is 2. The number of hydrogen-bond acceptors (Lipinski definition) is 2. The molecule has 1 aromatic carbocycles. The molecule has 1 aromatic rings. The molecular formula is C14H19FN2O3. The lowest BCUT2D eigenvalue weighted by Gasteiger charge is -2.17. The molecule has 6 heteroatoms. The average Bonchev–Trinajstić information content (AvgIpc) is 2.40. The highest BCUT2D eigenvalue weighted by Crippen LogP contribution is 2.19. The molecule has 20 heavy (non-hydrogen) atoms. The van der Waals surface area contributed by atoms with Gasteiger partial charge in [-0.3, -0.25) is 0 Å². The van der Waals surface area contributed by atoms with Crippen molar-refractivity contribution in [3.05, 3.63) is 29.6 Å². The Kier molecular flexibility index (Phi) is 5.96. The van der Waals surface area contributed by atoms with Crippen LogP contribution in [0.1, 0.15) is 43.5 Å². The lowest BCUT2D eigenvalue weighted by atomic mass is 10.1. The van der Waals surface area contributed by atoms with E-state index in [2.05, 4.69) is 10.6 Å². The van der Waals surface area contributed by atoms with Gasteiger partial charge in [0.05, 0.1) is 11.3 Å². The molecule has 2 amide bonds. The molecule has 0 aliphatic rings. The summed E-state index contributed by atoms with van der Waals surface area (Å²) in [5, 5.41) is 14.0. The Morgan fingerprint density at radius 1 is 1.35 bits per heavy atom. The normalized spacial score (nSPS) is 11.8. The van der Waals surface area contributed by atoms with E-state index in [4.69, 9.17) is 5.11 Å². The second-order valence-corrected chi connectivity index (χ2v) is 4.46. The van der Waals surface area contributed by atoms with Crippen molar-refractivity contribution in [1.29, 1.82) is 0 Å². The fraction of sp³-hybridized carbons (Fsp3) is 0.429. The molecule has 0 aliphatic carbocycles. The van der Waals surface area contributed by atoms with Crippen LogP contribution in [-0.2, 0) is 0 Å². The van der Waals surface area contributed by atoms with E-state index in [1.165, 1.54) is 12.1 Å². The van der Waals surface area contributed by atoms with Crippen LogP contribution in [0, 0.1) is 5.82 Å². The maximum absolute atomic E-state index is 13.6. The number of carboxylic acid groups (broad SMARTS) is 1. The zero-order valence-corrected chi connectivity index (χ0v) is 11.6. The van der Waals surface area contributed by atoms with E-state index in [0.29, 0.717) is 0 Å². The van der Waals surface area contributed by atoms with Gasteiger partial charge in [0.2, 0.25) is 0 Å². The van der Waals surface area contributed by atoms with Gasteiger partial charge in [-0.25, -0.2) is 14.0 Å². The standard InChI is InChI=1S/C14H19FN2O3/c1-3-6-9(4-2)16-14(20)17-12-10(13(18)19)7-5-8-11(12)15/h5,7-9H,3-4,6H2,1-2H3,(H,18,19)(H2,16,17,20). The number of carbonyl (C=O) groups excluding carboxylic acids is 1. The summed E-state index contributed by atoms with van der Waals surface area (Å²) < 4.78 is 13.6. The predicted octanol–water partition coefficient (Wildman–Crippen LogP) is 3.22. The minimum atomic E-state index is -1.29. The highest BCUT2D eigenvalue weighted by atomic mass is 19.1. The number of anilines is 1. The van der Waals surface area contributed by atoms with Crippen LogP contribution < -0.4 is 10.6 Å². The highest BCUT2D eigenvalue weighted by molar-refractivity contribution is 6.00. The van der Waals surface area contributed by atoms with Crippen LogP contribution in [0.2, 0.25) is 0 Å². The van der Waals surface area contributed by atoms with Crippen LogP contribution in [0.3, 0.4) is 0 Å². The van der Waals surface area contributed by atoms with Crippen molar-refractivity contribution in [3.63, 3.8) is 0 Å². The number of halogens is 1. The van der Waals surface area contributed by atoms with E-state index < -0.39 is 17.8 Å². The molecule has 0 saturated heterocycles. The number of para-hydroxylation sites is 1. The van der Waals surface area contributed by atoms with Crippen molar-refractivity contribution in [2.45, 2.75) is 39.2 Å². The first kappa shape index (κ1) is 15.9. The third kappa shape index (κ3) is 4.22. The second-order valence-electron chi connectivity index (χ2n) is 4.46. The Morgan fingerprint density at radius 2 is 2.05 bits per heavy atom. The van der Waals surface area contributed by atoms with Crippen molar-refractivity contribution >= 4 is 17.7 Å². The summed E-state index contributed by atoms with van der Waals surface area (Å²) >= 11 is 0. The van der Waals surface area contributed by atoms with Crippen LogP contribution in [0.4, 0.5) is 14.9 Å². The Bertz CT molecular complexity index is 491. The lowest BCUT2D eigenvalue weighted by Crippen LogP contribution is -2.38. The van der Waals surface area contributed by atoms with Crippen LogP contribution in [0.25, 0.3) is 0 Å². The molecule has 0 aliphatic heterocycles. The number of rotatable bonds is 6. The van der Waals surface area contributed by atoms with E-state index in [1.54, 1.807) is 0 Å². The number of benzene rings is 1. The van der Waals surface area contributed by atoms with Crippen LogP contribution in [0.5, 0.6) is 0 Å². The summed E-state index contributed by atoms with van der Waals surface area (Å²) in [5.74, 6) is -2.07. The molecule has 0 saturated carbocycles. The number of carboxylic acids is 1. The van der Waals surface area contributed by atoms with E-state index in [1.807, 2.05) is 13.8 Å². The molecule has 1 atom stereocenters. The number of aromatic carboxylic acids is 1. The first-order valence-electron chi connectivity index (χ1n) is 6.58. The Balaban J connectivity index is 2.82. The summed E-state index contributed by atoms with van der Waals surface area (Å²) in [6, 6.07) is 3.02. The number of urea groups is 1. The topological polar surface area (TPSA) is 78.4 Å². The SMILES string of the molecule is CCCC(CC)NC(=O)Nc1c(F)cccc1C(=O)O. The third-order valence-electron chi connectivity index (χ3n) is 2.95. The van der Waals surface area contributed by atoms with Crippen molar-refractivity contribution < 1.29 is 19.1 Å². The molecule has 5 nitrogen and oxygen atoms in total. The summed E-state index contributed by atoms with van der Waals surface area (Å²) in [7, 11) is 0. The number of hydrogen-bond donors (Lipinski definition) is 3. The smallest absolute Gasteiger partial charge is 0.337 e. The van der Waals surface area contributed by atoms with Gasteiger partial charge >= 0.3 is 12.0 Å². The third-order valence-corrected chi connectivity index (χ3v) is 2.95. The van der Waals surface area contributed by atoms with E-state index in [0.717, 1.165) is 25.3 Å². The first-order valence-corrected chi connectivity index (χ1v) is 6.58. The molecule has 1 unspecified atom stereocenters. The van der Waals surface area contributed by atoms with Gasteiger partial charge in [0, 0.05) is 6.04 Å². The molecule has 0 heterocycles. The summed E-state index contributed by atoms with van der Waals surface area (Å²) in [6.07, 6.45) is 2.48. The average molecular weight is 282 g/mol.